The van der Waals surface area contributed by atoms with Crippen molar-refractivity contribution in [3.8, 4) is 5.75 Å². The zero-order valence-electron chi connectivity index (χ0n) is 16.6. The zero-order valence-corrected chi connectivity index (χ0v) is 17.4. The Bertz CT molecular complexity index is 1120. The van der Waals surface area contributed by atoms with Gasteiger partial charge in [0.05, 0.1) is 5.69 Å². The highest BCUT2D eigenvalue weighted by atomic mass is 32.1. The highest BCUT2D eigenvalue weighted by Crippen LogP contribution is 2.29. The summed E-state index contributed by atoms with van der Waals surface area (Å²) in [5.41, 5.74) is 12.0. The van der Waals surface area contributed by atoms with E-state index in [-0.39, 0.29) is 34.2 Å². The van der Waals surface area contributed by atoms with Gasteiger partial charge in [0, 0.05) is 18.3 Å². The maximum atomic E-state index is 13.3. The van der Waals surface area contributed by atoms with Crippen molar-refractivity contribution in [1.29, 1.82) is 0 Å². The van der Waals surface area contributed by atoms with E-state index in [1.165, 1.54) is 17.0 Å². The van der Waals surface area contributed by atoms with Gasteiger partial charge in [-0.15, -0.1) is 0 Å². The van der Waals surface area contributed by atoms with Gasteiger partial charge in [0.25, 0.3) is 11.8 Å². The van der Waals surface area contributed by atoms with Gasteiger partial charge in [0.2, 0.25) is 5.91 Å². The van der Waals surface area contributed by atoms with Crippen LogP contribution in [0.5, 0.6) is 5.75 Å². The molecule has 3 aromatic rings. The number of hydrogen-bond acceptors (Lipinski definition) is 7. The average molecular weight is 439 g/mol. The van der Waals surface area contributed by atoms with Gasteiger partial charge in [-0.1, -0.05) is 36.4 Å². The molecule has 3 amide bonds. The minimum Gasteiger partial charge on any atom is -0.508 e. The SMILES string of the molecule is C[C@H](C(=O)NCc1ccccc1)N(C(=O)c1snc(C(N)=O)c1N)c1cccc(O)c1. The highest BCUT2D eigenvalue weighted by molar-refractivity contribution is 7.09. The number of phenolic OH excluding ortho intramolecular Hbond substituents is 1. The van der Waals surface area contributed by atoms with Gasteiger partial charge in [-0.25, -0.2) is 0 Å². The van der Waals surface area contributed by atoms with E-state index in [4.69, 9.17) is 11.5 Å². The quantitative estimate of drug-likeness (QED) is 0.441. The number of benzene rings is 2. The Morgan fingerprint density at radius 2 is 1.87 bits per heavy atom. The molecule has 0 bridgehead atoms. The molecule has 0 aliphatic rings. The molecule has 3 rings (SSSR count). The first kappa shape index (κ1) is 21.8. The topological polar surface area (TPSA) is 152 Å². The van der Waals surface area contributed by atoms with E-state index in [2.05, 4.69) is 9.69 Å². The number of carbonyl (C=O) groups is 3. The smallest absolute Gasteiger partial charge is 0.272 e. The van der Waals surface area contributed by atoms with Crippen LogP contribution in [0, 0.1) is 0 Å². The second-order valence-corrected chi connectivity index (χ2v) is 7.49. The highest BCUT2D eigenvalue weighted by Gasteiger charge is 2.32. The van der Waals surface area contributed by atoms with Crippen molar-refractivity contribution >= 4 is 40.6 Å². The number of nitrogens with one attached hydrogen (secondary N) is 1. The number of aromatic nitrogens is 1. The normalized spacial score (nSPS) is 11.5. The molecule has 6 N–H and O–H groups in total. The van der Waals surface area contributed by atoms with Crippen molar-refractivity contribution in [2.45, 2.75) is 19.5 Å². The molecule has 1 atom stereocenters. The number of carbonyl (C=O) groups excluding carboxylic acids is 3. The second kappa shape index (κ2) is 9.26. The van der Waals surface area contributed by atoms with Gasteiger partial charge < -0.3 is 21.9 Å². The van der Waals surface area contributed by atoms with E-state index in [1.54, 1.807) is 19.1 Å². The summed E-state index contributed by atoms with van der Waals surface area (Å²) < 4.78 is 3.85. The van der Waals surface area contributed by atoms with Gasteiger partial charge in [0.1, 0.15) is 16.7 Å². The summed E-state index contributed by atoms with van der Waals surface area (Å²) in [6.07, 6.45) is 0. The number of nitrogen functional groups attached to an aromatic ring is 1. The lowest BCUT2D eigenvalue weighted by Crippen LogP contribution is -2.48. The van der Waals surface area contributed by atoms with Crippen LogP contribution in [0.15, 0.2) is 54.6 Å². The summed E-state index contributed by atoms with van der Waals surface area (Å²) >= 11 is 0.718. The number of phenols is 1. The molecule has 160 valence electrons. The van der Waals surface area contributed by atoms with Gasteiger partial charge in [-0.3, -0.25) is 19.3 Å². The van der Waals surface area contributed by atoms with E-state index in [1.807, 2.05) is 30.3 Å². The van der Waals surface area contributed by atoms with Crippen molar-refractivity contribution in [2.75, 3.05) is 10.6 Å². The summed E-state index contributed by atoms with van der Waals surface area (Å²) in [6, 6.07) is 14.3. The van der Waals surface area contributed by atoms with Crippen LogP contribution in [0.4, 0.5) is 11.4 Å². The van der Waals surface area contributed by atoms with Crippen molar-refractivity contribution < 1.29 is 19.5 Å². The van der Waals surface area contributed by atoms with Crippen molar-refractivity contribution in [3.63, 3.8) is 0 Å². The van der Waals surface area contributed by atoms with E-state index in [9.17, 15) is 19.5 Å². The van der Waals surface area contributed by atoms with Crippen LogP contribution >= 0.6 is 11.5 Å². The fourth-order valence-corrected chi connectivity index (χ4v) is 3.69. The lowest BCUT2D eigenvalue weighted by atomic mass is 10.1. The lowest BCUT2D eigenvalue weighted by Gasteiger charge is -2.28. The minimum atomic E-state index is -0.962. The Morgan fingerprint density at radius 1 is 1.16 bits per heavy atom. The molecule has 9 nitrogen and oxygen atoms in total. The molecule has 1 aromatic heterocycles. The summed E-state index contributed by atoms with van der Waals surface area (Å²) in [5, 5.41) is 12.7. The third-order valence-electron chi connectivity index (χ3n) is 4.56. The van der Waals surface area contributed by atoms with Crippen molar-refractivity contribution in [2.24, 2.45) is 5.73 Å². The Hall–Kier alpha value is -3.92. The fraction of sp³-hybridized carbons (Fsp3) is 0.143. The molecule has 0 fully saturated rings. The fourth-order valence-electron chi connectivity index (χ4n) is 2.95. The van der Waals surface area contributed by atoms with Crippen LogP contribution in [0.25, 0.3) is 0 Å². The predicted octanol–water partition coefficient (Wildman–Crippen LogP) is 1.88. The molecular weight excluding hydrogens is 418 g/mol. The summed E-state index contributed by atoms with van der Waals surface area (Å²) in [7, 11) is 0. The largest absolute Gasteiger partial charge is 0.508 e. The van der Waals surface area contributed by atoms with Gasteiger partial charge in [-0.2, -0.15) is 4.37 Å². The Labute approximate surface area is 182 Å². The summed E-state index contributed by atoms with van der Waals surface area (Å²) in [5.74, 6) is -2.00. The van der Waals surface area contributed by atoms with Crippen LogP contribution < -0.4 is 21.7 Å². The molecule has 0 radical (unpaired) electrons. The zero-order chi connectivity index (χ0) is 22.5. The molecule has 0 spiro atoms. The maximum Gasteiger partial charge on any atom is 0.272 e. The molecule has 31 heavy (non-hydrogen) atoms. The standard InChI is InChI=1S/C21H21N5O4S/c1-12(20(29)24-11-13-6-3-2-4-7-13)26(14-8-5-9-15(27)10-14)21(30)18-16(22)17(19(23)28)25-31-18/h2-10,12,27H,11,22H2,1H3,(H2,23,28)(H,24,29)/t12-/m1/s1. The third kappa shape index (κ3) is 4.81. The van der Waals surface area contributed by atoms with Gasteiger partial charge >= 0.3 is 0 Å². The predicted molar refractivity (Wildman–Crippen MR) is 118 cm³/mol. The minimum absolute atomic E-state index is 0.0279. The molecule has 0 aliphatic carbocycles. The van der Waals surface area contributed by atoms with Crippen LogP contribution in [-0.4, -0.2) is 33.2 Å². The molecule has 1 heterocycles. The second-order valence-electron chi connectivity index (χ2n) is 6.71. The first-order valence-corrected chi connectivity index (χ1v) is 10.1. The van der Waals surface area contributed by atoms with Crippen LogP contribution in [0.2, 0.25) is 0 Å². The summed E-state index contributed by atoms with van der Waals surface area (Å²) in [4.78, 5) is 38.8. The molecule has 0 aliphatic heterocycles. The molecule has 10 heteroatoms. The van der Waals surface area contributed by atoms with Crippen molar-refractivity contribution in [1.82, 2.24) is 9.69 Å². The monoisotopic (exact) mass is 439 g/mol. The van der Waals surface area contributed by atoms with E-state index in [0.717, 1.165) is 17.1 Å². The summed E-state index contributed by atoms with van der Waals surface area (Å²) in [6.45, 7) is 1.83. The van der Waals surface area contributed by atoms with E-state index < -0.39 is 23.8 Å². The molecule has 2 aromatic carbocycles. The van der Waals surface area contributed by atoms with Crippen LogP contribution in [0.1, 0.15) is 32.6 Å². The molecule has 0 saturated heterocycles. The van der Waals surface area contributed by atoms with E-state index in [0.29, 0.717) is 0 Å². The molecular formula is C21H21N5O4S. The number of nitrogens with zero attached hydrogens (tertiary/aromatic N) is 2. The number of primary amides is 1. The number of amides is 3. The van der Waals surface area contributed by atoms with E-state index >= 15 is 0 Å². The van der Waals surface area contributed by atoms with Crippen molar-refractivity contribution in [3.05, 3.63) is 70.7 Å². The number of hydrogen-bond donors (Lipinski definition) is 4. The number of rotatable bonds is 7. The average Bonchev–Trinajstić information content (AvgIpc) is 3.14. The maximum absolute atomic E-state index is 13.3. The Balaban J connectivity index is 1.92. The van der Waals surface area contributed by atoms with Crippen LogP contribution in [-0.2, 0) is 11.3 Å². The van der Waals surface area contributed by atoms with Gasteiger partial charge in [-0.05, 0) is 36.2 Å². The first-order chi connectivity index (χ1) is 14.8. The number of nitrogens with two attached hydrogens (primary N) is 2. The number of aromatic hydroxyl groups is 1. The van der Waals surface area contributed by atoms with Crippen LogP contribution in [0.3, 0.4) is 0 Å². The van der Waals surface area contributed by atoms with Gasteiger partial charge in [0.15, 0.2) is 5.69 Å². The first-order valence-electron chi connectivity index (χ1n) is 9.28. The third-order valence-corrected chi connectivity index (χ3v) is 5.41. The number of anilines is 2. The molecule has 0 unspecified atom stereocenters. The Kier molecular flexibility index (Phi) is 6.51. The lowest BCUT2D eigenvalue weighted by molar-refractivity contribution is -0.122. The Morgan fingerprint density at radius 3 is 2.48 bits per heavy atom. The molecule has 0 saturated carbocycles.